The number of benzene rings is 1. The number of hydrogen-bond acceptors (Lipinski definition) is 3. The van der Waals surface area contributed by atoms with Gasteiger partial charge in [0.25, 0.3) is 0 Å². The molecule has 0 bridgehead atoms. The lowest BCUT2D eigenvalue weighted by molar-refractivity contribution is -0.137. The van der Waals surface area contributed by atoms with Crippen LogP contribution >= 0.6 is 0 Å². The molecule has 5 heteroatoms. The van der Waals surface area contributed by atoms with Gasteiger partial charge in [-0.15, -0.1) is 0 Å². The van der Waals surface area contributed by atoms with E-state index >= 15 is 0 Å². The first-order chi connectivity index (χ1) is 12.1. The Balaban J connectivity index is 1.64. The van der Waals surface area contributed by atoms with Crippen LogP contribution in [0.1, 0.15) is 38.2 Å². The maximum atomic E-state index is 12.8. The summed E-state index contributed by atoms with van der Waals surface area (Å²) in [5.74, 6) is -0.0478. The summed E-state index contributed by atoms with van der Waals surface area (Å²) in [6.07, 6.45) is 4.47. The van der Waals surface area contributed by atoms with Crippen molar-refractivity contribution in [2.24, 2.45) is 5.92 Å². The molecule has 2 aliphatic rings. The molecule has 2 heterocycles. The van der Waals surface area contributed by atoms with E-state index in [2.05, 4.69) is 24.4 Å². The van der Waals surface area contributed by atoms with Crippen molar-refractivity contribution in [3.05, 3.63) is 29.8 Å². The molecule has 2 saturated heterocycles. The van der Waals surface area contributed by atoms with Gasteiger partial charge in [0.1, 0.15) is 0 Å². The average molecular weight is 343 g/mol. The molecule has 2 fully saturated rings. The molecule has 1 atom stereocenters. The first kappa shape index (κ1) is 17.9. The Morgan fingerprint density at radius 2 is 1.92 bits per heavy atom. The Morgan fingerprint density at radius 3 is 2.56 bits per heavy atom. The van der Waals surface area contributed by atoms with Crippen LogP contribution in [0.5, 0.6) is 0 Å². The maximum absolute atomic E-state index is 12.8. The number of hydrogen-bond donors (Lipinski definition) is 1. The molecule has 2 amide bonds. The van der Waals surface area contributed by atoms with E-state index < -0.39 is 0 Å². The van der Waals surface area contributed by atoms with Crippen LogP contribution in [0.4, 0.5) is 5.69 Å². The second-order valence-electron chi connectivity index (χ2n) is 7.25. The first-order valence-corrected chi connectivity index (χ1v) is 9.47. The molecule has 0 spiro atoms. The summed E-state index contributed by atoms with van der Waals surface area (Å²) in [4.78, 5) is 28.9. The fraction of sp³-hybridized carbons (Fsp3) is 0.600. The molecule has 0 radical (unpaired) electrons. The first-order valence-electron chi connectivity index (χ1n) is 9.47. The molecule has 25 heavy (non-hydrogen) atoms. The highest BCUT2D eigenvalue weighted by molar-refractivity contribution is 6.00. The van der Waals surface area contributed by atoms with Gasteiger partial charge >= 0.3 is 0 Å². The molecule has 0 saturated carbocycles. The normalized spacial score (nSPS) is 21.6. The maximum Gasteiger partial charge on any atom is 0.228 e. The van der Waals surface area contributed by atoms with Crippen LogP contribution in [0.3, 0.4) is 0 Å². The van der Waals surface area contributed by atoms with Crippen molar-refractivity contribution < 1.29 is 9.59 Å². The summed E-state index contributed by atoms with van der Waals surface area (Å²) >= 11 is 0. The molecule has 1 aromatic carbocycles. The standard InChI is InChI=1S/C20H29N3O2/c1-3-4-15-5-7-18(8-6-15)23-14-16(13-19(23)24)20(25)22(2)17-9-11-21-12-10-17/h5-8,16-17,21H,3-4,9-14H2,1-2H3. The molecular formula is C20H29N3O2. The Hall–Kier alpha value is -1.88. The number of aryl methyl sites for hydroxylation is 1. The molecule has 0 aliphatic carbocycles. The number of carbonyl (C=O) groups excluding carboxylic acids is 2. The smallest absolute Gasteiger partial charge is 0.228 e. The van der Waals surface area contributed by atoms with E-state index in [0.29, 0.717) is 19.0 Å². The summed E-state index contributed by atoms with van der Waals surface area (Å²) in [7, 11) is 1.89. The van der Waals surface area contributed by atoms with Crippen LogP contribution in [0.2, 0.25) is 0 Å². The van der Waals surface area contributed by atoms with Gasteiger partial charge in [0, 0.05) is 31.7 Å². The number of carbonyl (C=O) groups is 2. The number of nitrogens with zero attached hydrogens (tertiary/aromatic N) is 2. The summed E-state index contributed by atoms with van der Waals surface area (Å²) in [5.41, 5.74) is 2.20. The fourth-order valence-electron chi connectivity index (χ4n) is 3.92. The Bertz CT molecular complexity index is 608. The van der Waals surface area contributed by atoms with Gasteiger partial charge in [0.15, 0.2) is 0 Å². The van der Waals surface area contributed by atoms with Gasteiger partial charge < -0.3 is 15.1 Å². The highest BCUT2D eigenvalue weighted by Gasteiger charge is 2.37. The molecule has 136 valence electrons. The largest absolute Gasteiger partial charge is 0.342 e. The van der Waals surface area contributed by atoms with Crippen molar-refractivity contribution >= 4 is 17.5 Å². The van der Waals surface area contributed by atoms with Crippen LogP contribution < -0.4 is 10.2 Å². The molecule has 1 aromatic rings. The molecular weight excluding hydrogens is 314 g/mol. The van der Waals surface area contributed by atoms with E-state index in [1.165, 1.54) is 5.56 Å². The second-order valence-corrected chi connectivity index (χ2v) is 7.25. The topological polar surface area (TPSA) is 52.7 Å². The number of nitrogens with one attached hydrogen (secondary N) is 1. The second kappa shape index (κ2) is 8.00. The minimum atomic E-state index is -0.220. The molecule has 0 aromatic heterocycles. The third-order valence-electron chi connectivity index (χ3n) is 5.46. The predicted molar refractivity (Wildman–Crippen MR) is 99.6 cm³/mol. The fourth-order valence-corrected chi connectivity index (χ4v) is 3.92. The highest BCUT2D eigenvalue weighted by Crippen LogP contribution is 2.27. The van der Waals surface area contributed by atoms with Crippen LogP contribution in [-0.4, -0.2) is 49.4 Å². The van der Waals surface area contributed by atoms with E-state index in [1.54, 1.807) is 4.90 Å². The number of rotatable bonds is 5. The number of amides is 2. The quantitative estimate of drug-likeness (QED) is 0.892. The number of anilines is 1. The summed E-state index contributed by atoms with van der Waals surface area (Å²) in [6, 6.07) is 8.48. The van der Waals surface area contributed by atoms with Gasteiger partial charge in [0.2, 0.25) is 11.8 Å². The summed E-state index contributed by atoms with van der Waals surface area (Å²) < 4.78 is 0. The van der Waals surface area contributed by atoms with Crippen molar-refractivity contribution in [2.75, 3.05) is 31.6 Å². The van der Waals surface area contributed by atoms with Crippen molar-refractivity contribution in [1.82, 2.24) is 10.2 Å². The van der Waals surface area contributed by atoms with Crippen LogP contribution in [0, 0.1) is 5.92 Å². The predicted octanol–water partition coefficient (Wildman–Crippen LogP) is 2.20. The molecule has 3 rings (SSSR count). The average Bonchev–Trinajstić information content (AvgIpc) is 3.04. The van der Waals surface area contributed by atoms with Crippen LogP contribution in [-0.2, 0) is 16.0 Å². The van der Waals surface area contributed by atoms with Gasteiger partial charge in [-0.05, 0) is 50.0 Å². The van der Waals surface area contributed by atoms with Crippen LogP contribution in [0.25, 0.3) is 0 Å². The Morgan fingerprint density at radius 1 is 1.24 bits per heavy atom. The van der Waals surface area contributed by atoms with Gasteiger partial charge in [-0.3, -0.25) is 9.59 Å². The van der Waals surface area contributed by atoms with Crippen LogP contribution in [0.15, 0.2) is 24.3 Å². The minimum absolute atomic E-state index is 0.0558. The van der Waals surface area contributed by atoms with Gasteiger partial charge in [-0.1, -0.05) is 25.5 Å². The van der Waals surface area contributed by atoms with Gasteiger partial charge in [-0.2, -0.15) is 0 Å². The minimum Gasteiger partial charge on any atom is -0.342 e. The van der Waals surface area contributed by atoms with Gasteiger partial charge in [0.05, 0.1) is 5.92 Å². The van der Waals surface area contributed by atoms with Crippen molar-refractivity contribution in [2.45, 2.75) is 45.1 Å². The van der Waals surface area contributed by atoms with E-state index in [1.807, 2.05) is 24.1 Å². The third kappa shape index (κ3) is 4.03. The molecule has 1 N–H and O–H groups in total. The zero-order chi connectivity index (χ0) is 17.8. The van der Waals surface area contributed by atoms with E-state index in [0.717, 1.165) is 44.5 Å². The summed E-state index contributed by atoms with van der Waals surface area (Å²) in [5, 5.41) is 3.33. The zero-order valence-electron chi connectivity index (χ0n) is 15.3. The third-order valence-corrected chi connectivity index (χ3v) is 5.46. The van der Waals surface area contributed by atoms with E-state index in [-0.39, 0.29) is 17.7 Å². The molecule has 1 unspecified atom stereocenters. The Kier molecular flexibility index (Phi) is 5.74. The SMILES string of the molecule is CCCc1ccc(N2CC(C(=O)N(C)C3CCNCC3)CC2=O)cc1. The van der Waals surface area contributed by atoms with Crippen molar-refractivity contribution in [3.8, 4) is 0 Å². The monoisotopic (exact) mass is 343 g/mol. The van der Waals surface area contributed by atoms with Gasteiger partial charge in [-0.25, -0.2) is 0 Å². The lowest BCUT2D eigenvalue weighted by Gasteiger charge is -2.33. The summed E-state index contributed by atoms with van der Waals surface area (Å²) in [6.45, 7) is 4.58. The molecule has 2 aliphatic heterocycles. The highest BCUT2D eigenvalue weighted by atomic mass is 16.2. The van der Waals surface area contributed by atoms with Crippen molar-refractivity contribution in [3.63, 3.8) is 0 Å². The number of piperidine rings is 1. The van der Waals surface area contributed by atoms with E-state index in [4.69, 9.17) is 0 Å². The van der Waals surface area contributed by atoms with Crippen molar-refractivity contribution in [1.29, 1.82) is 0 Å². The lowest BCUT2D eigenvalue weighted by Crippen LogP contribution is -2.46. The Labute approximate surface area is 150 Å². The lowest BCUT2D eigenvalue weighted by atomic mass is 10.0. The van der Waals surface area contributed by atoms with E-state index in [9.17, 15) is 9.59 Å². The molecule has 5 nitrogen and oxygen atoms in total. The zero-order valence-corrected chi connectivity index (χ0v) is 15.3.